The molecular formula is C20H25N3O4S. The molecule has 0 aliphatic heterocycles. The van der Waals surface area contributed by atoms with Gasteiger partial charge in [0.15, 0.2) is 0 Å². The van der Waals surface area contributed by atoms with E-state index in [4.69, 9.17) is 5.14 Å². The molecule has 0 fully saturated rings. The van der Waals surface area contributed by atoms with E-state index in [1.54, 1.807) is 19.1 Å². The Labute approximate surface area is 165 Å². The molecule has 0 aromatic heterocycles. The third-order valence-corrected chi connectivity index (χ3v) is 5.29. The van der Waals surface area contributed by atoms with Gasteiger partial charge in [-0.15, -0.1) is 0 Å². The van der Waals surface area contributed by atoms with Crippen molar-refractivity contribution in [2.75, 3.05) is 5.32 Å². The lowest BCUT2D eigenvalue weighted by Crippen LogP contribution is -2.47. The number of hydrogen-bond donors (Lipinski definition) is 3. The van der Waals surface area contributed by atoms with Crippen molar-refractivity contribution in [1.82, 2.24) is 5.32 Å². The summed E-state index contributed by atoms with van der Waals surface area (Å²) >= 11 is 0. The Balaban J connectivity index is 2.12. The molecular weight excluding hydrogens is 378 g/mol. The molecule has 0 radical (unpaired) electrons. The molecule has 2 amide bonds. The van der Waals surface area contributed by atoms with Gasteiger partial charge in [0.1, 0.15) is 6.04 Å². The van der Waals surface area contributed by atoms with Crippen LogP contribution in [-0.4, -0.2) is 26.3 Å². The first-order valence-corrected chi connectivity index (χ1v) is 10.4. The Bertz CT molecular complexity index is 957. The highest BCUT2D eigenvalue weighted by Crippen LogP contribution is 2.19. The van der Waals surface area contributed by atoms with Gasteiger partial charge in [0.2, 0.25) is 21.8 Å². The van der Waals surface area contributed by atoms with Gasteiger partial charge in [-0.2, -0.15) is 0 Å². The van der Waals surface area contributed by atoms with E-state index in [0.717, 1.165) is 5.56 Å². The van der Waals surface area contributed by atoms with E-state index in [-0.39, 0.29) is 23.1 Å². The number of benzene rings is 2. The second kappa shape index (κ2) is 8.99. The van der Waals surface area contributed by atoms with E-state index >= 15 is 0 Å². The molecule has 7 nitrogen and oxygen atoms in total. The monoisotopic (exact) mass is 403 g/mol. The summed E-state index contributed by atoms with van der Waals surface area (Å²) < 4.78 is 23.3. The number of sulfonamides is 1. The molecule has 2 aromatic carbocycles. The molecule has 0 aliphatic carbocycles. The SMILES string of the molecule is Cc1ccc(NC(=O)[C@@H](NC(=O)Cc2ccccc2)C(C)C)cc1S(N)(=O)=O. The highest BCUT2D eigenvalue weighted by molar-refractivity contribution is 7.89. The minimum atomic E-state index is -3.90. The summed E-state index contributed by atoms with van der Waals surface area (Å²) in [5.74, 6) is -0.863. The maximum absolute atomic E-state index is 12.7. The quantitative estimate of drug-likeness (QED) is 0.655. The topological polar surface area (TPSA) is 118 Å². The van der Waals surface area contributed by atoms with Gasteiger partial charge in [0.25, 0.3) is 0 Å². The summed E-state index contributed by atoms with van der Waals surface area (Å²) in [5.41, 5.74) is 1.62. The summed E-state index contributed by atoms with van der Waals surface area (Å²) in [6, 6.07) is 12.9. The maximum Gasteiger partial charge on any atom is 0.247 e. The molecule has 1 atom stereocenters. The third kappa shape index (κ3) is 5.90. The Hall–Kier alpha value is -2.71. The minimum absolute atomic E-state index is 0.0560. The molecule has 8 heteroatoms. The van der Waals surface area contributed by atoms with Crippen LogP contribution in [0.3, 0.4) is 0 Å². The van der Waals surface area contributed by atoms with Crippen molar-refractivity contribution >= 4 is 27.5 Å². The number of rotatable bonds is 7. The average molecular weight is 404 g/mol. The van der Waals surface area contributed by atoms with Crippen molar-refractivity contribution < 1.29 is 18.0 Å². The third-order valence-electron chi connectivity index (χ3n) is 4.24. The fraction of sp³-hybridized carbons (Fsp3) is 0.300. The van der Waals surface area contributed by atoms with Crippen molar-refractivity contribution in [2.24, 2.45) is 11.1 Å². The molecule has 4 N–H and O–H groups in total. The Morgan fingerprint density at radius 2 is 1.71 bits per heavy atom. The number of carbonyl (C=O) groups is 2. The van der Waals surface area contributed by atoms with Crippen molar-refractivity contribution in [3.63, 3.8) is 0 Å². The number of nitrogens with two attached hydrogens (primary N) is 1. The van der Waals surface area contributed by atoms with E-state index in [9.17, 15) is 18.0 Å². The Morgan fingerprint density at radius 1 is 1.07 bits per heavy atom. The van der Waals surface area contributed by atoms with Crippen molar-refractivity contribution in [3.05, 3.63) is 59.7 Å². The first-order valence-electron chi connectivity index (χ1n) is 8.85. The number of nitrogens with one attached hydrogen (secondary N) is 2. The molecule has 0 saturated carbocycles. The largest absolute Gasteiger partial charge is 0.344 e. The fourth-order valence-electron chi connectivity index (χ4n) is 2.75. The highest BCUT2D eigenvalue weighted by Gasteiger charge is 2.25. The predicted molar refractivity (Wildman–Crippen MR) is 108 cm³/mol. The normalized spacial score (nSPS) is 12.5. The van der Waals surface area contributed by atoms with Crippen molar-refractivity contribution in [1.29, 1.82) is 0 Å². The van der Waals surface area contributed by atoms with Crippen LogP contribution in [0.2, 0.25) is 0 Å². The number of aryl methyl sites for hydroxylation is 1. The van der Waals surface area contributed by atoms with Gasteiger partial charge in [-0.1, -0.05) is 50.2 Å². The Morgan fingerprint density at radius 3 is 2.29 bits per heavy atom. The first kappa shape index (κ1) is 21.6. The molecule has 0 heterocycles. The van der Waals surface area contributed by atoms with Crippen LogP contribution in [0.15, 0.2) is 53.4 Å². The van der Waals surface area contributed by atoms with Crippen molar-refractivity contribution in [2.45, 2.75) is 38.1 Å². The zero-order valence-corrected chi connectivity index (χ0v) is 16.9. The number of carbonyl (C=O) groups excluding carboxylic acids is 2. The Kier molecular flexibility index (Phi) is 6.93. The molecule has 2 rings (SSSR count). The second-order valence-electron chi connectivity index (χ2n) is 6.97. The predicted octanol–water partition coefficient (Wildman–Crippen LogP) is 1.96. The minimum Gasteiger partial charge on any atom is -0.344 e. The van der Waals surface area contributed by atoms with Crippen LogP contribution in [0.5, 0.6) is 0 Å². The van der Waals surface area contributed by atoms with Crippen molar-refractivity contribution in [3.8, 4) is 0 Å². The van der Waals surface area contributed by atoms with Gasteiger partial charge in [0.05, 0.1) is 11.3 Å². The summed E-state index contributed by atoms with van der Waals surface area (Å²) in [7, 11) is -3.90. The molecule has 0 spiro atoms. The van der Waals surface area contributed by atoms with Crippen LogP contribution >= 0.6 is 0 Å². The van der Waals surface area contributed by atoms with Crippen LogP contribution in [0.25, 0.3) is 0 Å². The molecule has 0 unspecified atom stereocenters. The zero-order valence-electron chi connectivity index (χ0n) is 16.1. The van der Waals surface area contributed by atoms with E-state index in [1.165, 1.54) is 6.07 Å². The van der Waals surface area contributed by atoms with E-state index in [1.807, 2.05) is 44.2 Å². The summed E-state index contributed by atoms with van der Waals surface area (Å²) in [6.07, 6.45) is 0.164. The van der Waals surface area contributed by atoms with E-state index in [2.05, 4.69) is 10.6 Å². The van der Waals surface area contributed by atoms with Crippen LogP contribution in [-0.2, 0) is 26.0 Å². The zero-order chi connectivity index (χ0) is 20.9. The van der Waals surface area contributed by atoms with E-state index < -0.39 is 22.0 Å². The van der Waals surface area contributed by atoms with Crippen LogP contribution < -0.4 is 15.8 Å². The standard InChI is InChI=1S/C20H25N3O4S/c1-13(2)19(23-18(24)11-15-7-5-4-6-8-15)20(25)22-16-10-9-14(3)17(12-16)28(21,26)27/h4-10,12-13,19H,11H2,1-3H3,(H,22,25)(H,23,24)(H2,21,26,27)/t19-/m0/s1. The first-order chi connectivity index (χ1) is 13.1. The van der Waals surface area contributed by atoms with Gasteiger partial charge < -0.3 is 10.6 Å². The number of anilines is 1. The summed E-state index contributed by atoms with van der Waals surface area (Å²) in [4.78, 5) is 25.0. The molecule has 0 saturated heterocycles. The smallest absolute Gasteiger partial charge is 0.247 e. The van der Waals surface area contributed by atoms with Gasteiger partial charge in [-0.3, -0.25) is 9.59 Å². The number of amides is 2. The molecule has 28 heavy (non-hydrogen) atoms. The fourth-order valence-corrected chi connectivity index (χ4v) is 3.55. The van der Waals surface area contributed by atoms with E-state index in [0.29, 0.717) is 11.3 Å². The molecule has 2 aromatic rings. The lowest BCUT2D eigenvalue weighted by molar-refractivity contribution is -0.127. The lowest BCUT2D eigenvalue weighted by atomic mass is 10.0. The van der Waals surface area contributed by atoms with Gasteiger partial charge in [0, 0.05) is 5.69 Å². The number of primary sulfonamides is 1. The lowest BCUT2D eigenvalue weighted by Gasteiger charge is -2.22. The molecule has 0 bridgehead atoms. The second-order valence-corrected chi connectivity index (χ2v) is 8.50. The average Bonchev–Trinajstić information content (AvgIpc) is 2.61. The summed E-state index contributed by atoms with van der Waals surface area (Å²) in [5, 5.41) is 10.6. The summed E-state index contributed by atoms with van der Waals surface area (Å²) in [6.45, 7) is 5.25. The van der Waals surface area contributed by atoms with Gasteiger partial charge >= 0.3 is 0 Å². The molecule has 0 aliphatic rings. The number of hydrogen-bond acceptors (Lipinski definition) is 4. The van der Waals surface area contributed by atoms with Gasteiger partial charge in [-0.25, -0.2) is 13.6 Å². The molecule has 150 valence electrons. The van der Waals surface area contributed by atoms with Crippen LogP contribution in [0.4, 0.5) is 5.69 Å². The van der Waals surface area contributed by atoms with Crippen LogP contribution in [0.1, 0.15) is 25.0 Å². The van der Waals surface area contributed by atoms with Gasteiger partial charge in [-0.05, 0) is 36.1 Å². The highest BCUT2D eigenvalue weighted by atomic mass is 32.2. The maximum atomic E-state index is 12.7. The van der Waals surface area contributed by atoms with Crippen LogP contribution in [0, 0.1) is 12.8 Å².